The van der Waals surface area contributed by atoms with Gasteiger partial charge in [0.25, 0.3) is 5.56 Å². The molecule has 4 heterocycles. The van der Waals surface area contributed by atoms with Crippen molar-refractivity contribution in [3.8, 4) is 11.5 Å². The minimum Gasteiger partial charge on any atom is -0.454 e. The fourth-order valence-electron chi connectivity index (χ4n) is 5.13. The number of thioether (sulfide) groups is 1. The summed E-state index contributed by atoms with van der Waals surface area (Å²) in [4.78, 5) is 16.2. The van der Waals surface area contributed by atoms with Crippen molar-refractivity contribution in [2.45, 2.75) is 49.6 Å². The monoisotopic (exact) mass is 516 g/mol. The van der Waals surface area contributed by atoms with Crippen LogP contribution in [0.25, 0.3) is 16.0 Å². The number of thiophene rings is 1. The zero-order chi connectivity index (χ0) is 24.1. The molecule has 7 nitrogen and oxygen atoms in total. The van der Waals surface area contributed by atoms with Gasteiger partial charge in [-0.15, -0.1) is 21.5 Å². The number of rotatable bonds is 6. The molecule has 0 fully saturated rings. The first-order chi connectivity index (χ1) is 17.8. The lowest BCUT2D eigenvalue weighted by molar-refractivity contribution is 0.174. The average molecular weight is 517 g/mol. The third kappa shape index (κ3) is 3.69. The van der Waals surface area contributed by atoms with Crippen LogP contribution in [0.15, 0.2) is 58.5 Å². The first-order valence-electron chi connectivity index (χ1n) is 12.2. The van der Waals surface area contributed by atoms with Crippen LogP contribution in [0.4, 0.5) is 0 Å². The Morgan fingerprint density at radius 1 is 0.972 bits per heavy atom. The van der Waals surface area contributed by atoms with Crippen LogP contribution in [0, 0.1) is 0 Å². The lowest BCUT2D eigenvalue weighted by atomic mass is 9.97. The Bertz CT molecular complexity index is 1660. The van der Waals surface area contributed by atoms with Crippen LogP contribution in [-0.4, -0.2) is 26.0 Å². The second kappa shape index (κ2) is 8.97. The molecule has 0 unspecified atom stereocenters. The van der Waals surface area contributed by atoms with Gasteiger partial charge in [0.05, 0.1) is 5.39 Å². The zero-order valence-electron chi connectivity index (χ0n) is 19.6. The smallest absolute Gasteiger partial charge is 0.263 e. The van der Waals surface area contributed by atoms with Gasteiger partial charge in [0.15, 0.2) is 16.7 Å². The van der Waals surface area contributed by atoms with Gasteiger partial charge >= 0.3 is 0 Å². The fourth-order valence-corrected chi connectivity index (χ4v) is 7.44. The Morgan fingerprint density at radius 2 is 1.83 bits per heavy atom. The number of hydrogen-bond acceptors (Lipinski definition) is 7. The summed E-state index contributed by atoms with van der Waals surface area (Å²) in [5, 5.41) is 10.8. The molecule has 1 aliphatic carbocycles. The van der Waals surface area contributed by atoms with E-state index in [1.165, 1.54) is 22.4 Å². The lowest BCUT2D eigenvalue weighted by Crippen LogP contribution is -2.24. The van der Waals surface area contributed by atoms with Gasteiger partial charge in [-0.3, -0.25) is 9.36 Å². The molecule has 5 aromatic rings. The van der Waals surface area contributed by atoms with Crippen molar-refractivity contribution >= 4 is 39.1 Å². The summed E-state index contributed by atoms with van der Waals surface area (Å²) in [6.45, 7) is 0.833. The van der Waals surface area contributed by atoms with Gasteiger partial charge in [0.2, 0.25) is 12.6 Å². The van der Waals surface area contributed by atoms with Crippen molar-refractivity contribution in [2.24, 2.45) is 0 Å². The van der Waals surface area contributed by atoms with Crippen molar-refractivity contribution < 1.29 is 9.47 Å². The highest BCUT2D eigenvalue weighted by atomic mass is 32.2. The van der Waals surface area contributed by atoms with Crippen molar-refractivity contribution in [1.82, 2.24) is 19.2 Å². The zero-order valence-corrected chi connectivity index (χ0v) is 21.2. The quantitative estimate of drug-likeness (QED) is 0.287. The van der Waals surface area contributed by atoms with E-state index in [4.69, 9.17) is 9.47 Å². The van der Waals surface area contributed by atoms with Crippen LogP contribution in [0.3, 0.4) is 0 Å². The molecule has 2 aromatic carbocycles. The van der Waals surface area contributed by atoms with E-state index in [0.717, 1.165) is 58.1 Å². The normalized spacial score (nSPS) is 14.6. The molecule has 0 bridgehead atoms. The van der Waals surface area contributed by atoms with Gasteiger partial charge in [-0.25, -0.2) is 4.40 Å². The van der Waals surface area contributed by atoms with E-state index in [9.17, 15) is 4.79 Å². The third-order valence-electron chi connectivity index (χ3n) is 6.94. The summed E-state index contributed by atoms with van der Waals surface area (Å²) in [5.41, 5.74) is 3.63. The number of aryl methyl sites for hydroxylation is 4. The highest BCUT2D eigenvalue weighted by Crippen LogP contribution is 2.37. The van der Waals surface area contributed by atoms with Crippen molar-refractivity contribution in [1.29, 1.82) is 0 Å². The molecule has 0 atom stereocenters. The minimum absolute atomic E-state index is 0.0625. The number of nitrogens with zero attached hydrogens (tertiary/aromatic N) is 4. The number of fused-ring (bicyclic) bond motifs is 6. The van der Waals surface area contributed by atoms with Gasteiger partial charge in [0, 0.05) is 17.2 Å². The fraction of sp³-hybridized carbons (Fsp3) is 0.296. The molecule has 2 aliphatic rings. The maximum absolute atomic E-state index is 13.8. The molecule has 9 heteroatoms. The summed E-state index contributed by atoms with van der Waals surface area (Å²) in [6.07, 6.45) is 5.09. The Kier molecular flexibility index (Phi) is 5.47. The van der Waals surface area contributed by atoms with E-state index in [1.807, 2.05) is 34.9 Å². The van der Waals surface area contributed by atoms with E-state index in [-0.39, 0.29) is 12.4 Å². The number of aromatic nitrogens is 4. The molecule has 182 valence electrons. The number of benzene rings is 2. The topological polar surface area (TPSA) is 70.7 Å². The first-order valence-corrected chi connectivity index (χ1v) is 14.0. The van der Waals surface area contributed by atoms with Crippen LogP contribution < -0.4 is 15.0 Å². The van der Waals surface area contributed by atoms with E-state index < -0.39 is 0 Å². The predicted octanol–water partition coefficient (Wildman–Crippen LogP) is 5.25. The number of hydrogen-bond donors (Lipinski definition) is 0. The maximum atomic E-state index is 13.8. The molecule has 7 rings (SSSR count). The minimum atomic E-state index is 0.0625. The average Bonchev–Trinajstić information content (AvgIpc) is 3.64. The highest BCUT2D eigenvalue weighted by Gasteiger charge is 2.25. The largest absolute Gasteiger partial charge is 0.454 e. The third-order valence-corrected chi connectivity index (χ3v) is 9.22. The van der Waals surface area contributed by atoms with Gasteiger partial charge in [-0.05, 0) is 60.9 Å². The molecule has 0 saturated heterocycles. The van der Waals surface area contributed by atoms with E-state index >= 15 is 0 Å². The Hall–Kier alpha value is -3.30. The Balaban J connectivity index is 1.32. The molecule has 0 amide bonds. The summed E-state index contributed by atoms with van der Waals surface area (Å²) >= 11 is 3.37. The maximum Gasteiger partial charge on any atom is 0.263 e. The molecule has 36 heavy (non-hydrogen) atoms. The van der Waals surface area contributed by atoms with E-state index in [2.05, 4.69) is 32.8 Å². The van der Waals surface area contributed by atoms with Gasteiger partial charge < -0.3 is 9.47 Å². The summed E-state index contributed by atoms with van der Waals surface area (Å²) < 4.78 is 14.9. The van der Waals surface area contributed by atoms with Gasteiger partial charge in [0.1, 0.15) is 4.83 Å². The highest BCUT2D eigenvalue weighted by molar-refractivity contribution is 7.98. The molecule has 3 aromatic heterocycles. The Labute approximate surface area is 215 Å². The molecule has 0 spiro atoms. The lowest BCUT2D eigenvalue weighted by Gasteiger charge is -2.12. The van der Waals surface area contributed by atoms with Crippen LogP contribution in [-0.2, 0) is 31.6 Å². The molecule has 0 N–H and O–H groups in total. The van der Waals surface area contributed by atoms with Gasteiger partial charge in [-0.2, -0.15) is 0 Å². The SMILES string of the molecule is O=c1c2c3c(sc2n2c(SCc4ccc5c(c4)OCO5)nnc2n1CCc1ccccc1)CCCC3. The van der Waals surface area contributed by atoms with E-state index in [1.54, 1.807) is 23.1 Å². The number of ether oxygens (including phenoxy) is 2. The molecule has 0 saturated carbocycles. The van der Waals surface area contributed by atoms with Crippen LogP contribution in [0.1, 0.15) is 34.4 Å². The molecular formula is C27H24N4O3S2. The molecular weight excluding hydrogens is 492 g/mol. The van der Waals surface area contributed by atoms with Crippen molar-refractivity contribution in [2.75, 3.05) is 6.79 Å². The second-order valence-electron chi connectivity index (χ2n) is 9.18. The van der Waals surface area contributed by atoms with E-state index in [0.29, 0.717) is 18.1 Å². The summed E-state index contributed by atoms with van der Waals surface area (Å²) in [7, 11) is 0. The van der Waals surface area contributed by atoms with Crippen LogP contribution in [0.5, 0.6) is 11.5 Å². The standard InChI is InChI=1S/C27H24N4O3S2/c32-24-23-19-8-4-5-9-22(19)36-25(23)31-26(30(24)13-12-17-6-2-1-3-7-17)28-29-27(31)35-15-18-10-11-20-21(14-18)34-16-33-20/h1-3,6-7,10-11,14H,4-5,8-9,12-13,15-16H2. The van der Waals surface area contributed by atoms with Crippen LogP contribution in [0.2, 0.25) is 0 Å². The molecule has 1 aliphatic heterocycles. The van der Waals surface area contributed by atoms with Crippen molar-refractivity contribution in [3.05, 3.63) is 80.5 Å². The summed E-state index contributed by atoms with van der Waals surface area (Å²) in [6, 6.07) is 16.3. The second-order valence-corrected chi connectivity index (χ2v) is 11.2. The first kappa shape index (κ1) is 21.9. The molecule has 0 radical (unpaired) electrons. The van der Waals surface area contributed by atoms with Gasteiger partial charge in [-0.1, -0.05) is 48.2 Å². The predicted molar refractivity (Wildman–Crippen MR) is 142 cm³/mol. The summed E-state index contributed by atoms with van der Waals surface area (Å²) in [5.74, 6) is 2.90. The Morgan fingerprint density at radius 3 is 2.75 bits per heavy atom. The van der Waals surface area contributed by atoms with Crippen molar-refractivity contribution in [3.63, 3.8) is 0 Å². The van der Waals surface area contributed by atoms with Crippen LogP contribution >= 0.6 is 23.1 Å².